The number of rotatable bonds is 12. The minimum Gasteiger partial charge on any atom is -0.481 e. The first-order valence-electron chi connectivity index (χ1n) is 7.74. The van der Waals surface area contributed by atoms with Crippen LogP contribution in [0.3, 0.4) is 0 Å². The maximum Gasteiger partial charge on any atom is 0.305 e. The van der Waals surface area contributed by atoms with Crippen LogP contribution < -0.4 is 5.32 Å². The fourth-order valence-corrected chi connectivity index (χ4v) is 1.94. The Bertz CT molecular complexity index is 581. The topological polar surface area (TPSA) is 90.0 Å². The number of amides is 2. The zero-order valence-corrected chi connectivity index (χ0v) is 14.2. The second-order valence-electron chi connectivity index (χ2n) is 5.06. The van der Waals surface area contributed by atoms with Crippen molar-refractivity contribution in [3.05, 3.63) is 0 Å². The van der Waals surface area contributed by atoms with Crippen molar-refractivity contribution in [3.8, 4) is 37.0 Å². The van der Waals surface area contributed by atoms with Crippen LogP contribution in [0.25, 0.3) is 0 Å². The number of hydrogen-bond donors (Lipinski definition) is 2. The molecule has 25 heavy (non-hydrogen) atoms. The van der Waals surface area contributed by atoms with Crippen LogP contribution in [-0.2, 0) is 14.4 Å². The molecule has 0 aliphatic carbocycles. The number of carboxylic acids is 1. The third-order valence-electron chi connectivity index (χ3n) is 3.20. The molecule has 134 valence electrons. The quantitative estimate of drug-likeness (QED) is 0.364. The molecule has 0 saturated carbocycles. The second-order valence-corrected chi connectivity index (χ2v) is 5.06. The van der Waals surface area contributed by atoms with Gasteiger partial charge in [-0.05, 0) is 0 Å². The predicted octanol–water partition coefficient (Wildman–Crippen LogP) is -0.612. The summed E-state index contributed by atoms with van der Waals surface area (Å²) in [5.41, 5.74) is 0. The van der Waals surface area contributed by atoms with Gasteiger partial charge in [0, 0.05) is 32.5 Å². The molecule has 0 radical (unpaired) electrons. The van der Waals surface area contributed by atoms with E-state index < -0.39 is 5.97 Å². The van der Waals surface area contributed by atoms with Crippen molar-refractivity contribution in [3.63, 3.8) is 0 Å². The Balaban J connectivity index is 4.55. The maximum absolute atomic E-state index is 12.2. The van der Waals surface area contributed by atoms with Gasteiger partial charge in [-0.3, -0.25) is 14.4 Å². The number of aliphatic carboxylic acids is 1. The summed E-state index contributed by atoms with van der Waals surface area (Å²) in [6.07, 6.45) is 15.6. The molecule has 0 spiro atoms. The van der Waals surface area contributed by atoms with Crippen molar-refractivity contribution in [1.29, 1.82) is 0 Å². The lowest BCUT2D eigenvalue weighted by molar-refractivity contribution is -0.138. The maximum atomic E-state index is 12.2. The van der Waals surface area contributed by atoms with E-state index in [1.165, 1.54) is 9.80 Å². The van der Waals surface area contributed by atoms with Gasteiger partial charge in [-0.2, -0.15) is 0 Å². The van der Waals surface area contributed by atoms with E-state index in [9.17, 15) is 14.4 Å². The minimum absolute atomic E-state index is 0.0191. The van der Waals surface area contributed by atoms with Crippen LogP contribution in [-0.4, -0.2) is 72.0 Å². The van der Waals surface area contributed by atoms with E-state index in [2.05, 4.69) is 23.1 Å². The lowest BCUT2D eigenvalue weighted by Crippen LogP contribution is -2.39. The summed E-state index contributed by atoms with van der Waals surface area (Å²) in [5, 5.41) is 11.6. The van der Waals surface area contributed by atoms with Crippen molar-refractivity contribution in [1.82, 2.24) is 15.1 Å². The van der Waals surface area contributed by atoms with Gasteiger partial charge in [0.15, 0.2) is 0 Å². The summed E-state index contributed by atoms with van der Waals surface area (Å²) in [6.45, 7) is 1.06. The number of nitrogens with one attached hydrogen (secondary N) is 1. The van der Waals surface area contributed by atoms with Crippen molar-refractivity contribution >= 4 is 17.8 Å². The molecule has 2 N–H and O–H groups in total. The molecule has 0 atom stereocenters. The Morgan fingerprint density at radius 3 is 1.84 bits per heavy atom. The van der Waals surface area contributed by atoms with Crippen molar-refractivity contribution < 1.29 is 19.5 Å². The highest BCUT2D eigenvalue weighted by atomic mass is 16.4. The first-order valence-corrected chi connectivity index (χ1v) is 7.74. The highest BCUT2D eigenvalue weighted by Crippen LogP contribution is 2.01. The van der Waals surface area contributed by atoms with Gasteiger partial charge in [-0.1, -0.05) is 17.8 Å². The second kappa shape index (κ2) is 13.5. The molecule has 2 amide bonds. The molecule has 7 heteroatoms. The van der Waals surface area contributed by atoms with Crippen molar-refractivity contribution in [2.45, 2.75) is 19.3 Å². The number of terminal acetylenes is 3. The normalized spacial score (nSPS) is 9.32. The van der Waals surface area contributed by atoms with Gasteiger partial charge in [0.05, 0.1) is 26.1 Å². The smallest absolute Gasteiger partial charge is 0.305 e. The summed E-state index contributed by atoms with van der Waals surface area (Å²) in [5.74, 6) is 5.59. The monoisotopic (exact) mass is 345 g/mol. The Morgan fingerprint density at radius 1 is 0.840 bits per heavy atom. The highest BCUT2D eigenvalue weighted by molar-refractivity contribution is 5.80. The van der Waals surface area contributed by atoms with Gasteiger partial charge in [-0.25, -0.2) is 0 Å². The van der Waals surface area contributed by atoms with Crippen LogP contribution in [0.5, 0.6) is 0 Å². The van der Waals surface area contributed by atoms with Crippen LogP contribution in [0.1, 0.15) is 19.3 Å². The van der Waals surface area contributed by atoms with Gasteiger partial charge in [0.2, 0.25) is 11.8 Å². The fourth-order valence-electron chi connectivity index (χ4n) is 1.94. The summed E-state index contributed by atoms with van der Waals surface area (Å²) in [6, 6.07) is 0. The molecule has 0 unspecified atom stereocenters. The molecule has 0 bridgehead atoms. The molecule has 0 aromatic carbocycles. The SMILES string of the molecule is C#CCNCCC(=O)N(CC#C)CCC(=O)N(CC#C)CCC(=O)O. The molecular weight excluding hydrogens is 322 g/mol. The largest absolute Gasteiger partial charge is 0.481 e. The summed E-state index contributed by atoms with van der Waals surface area (Å²) in [7, 11) is 0. The Hall–Kier alpha value is -2.95. The molecule has 0 heterocycles. The Morgan fingerprint density at radius 2 is 1.36 bits per heavy atom. The third-order valence-corrected chi connectivity index (χ3v) is 3.20. The summed E-state index contributed by atoms with van der Waals surface area (Å²) < 4.78 is 0. The van der Waals surface area contributed by atoms with Crippen LogP contribution in [0.4, 0.5) is 0 Å². The molecule has 7 nitrogen and oxygen atoms in total. The number of carboxylic acid groups (broad SMARTS) is 1. The van der Waals surface area contributed by atoms with Crippen molar-refractivity contribution in [2.24, 2.45) is 0 Å². The molecule has 0 aliphatic rings. The minimum atomic E-state index is -1.02. The fraction of sp³-hybridized carbons (Fsp3) is 0.500. The van der Waals surface area contributed by atoms with E-state index in [4.69, 9.17) is 24.4 Å². The zero-order chi connectivity index (χ0) is 19.1. The lowest BCUT2D eigenvalue weighted by Gasteiger charge is -2.23. The molecule has 0 fully saturated rings. The van der Waals surface area contributed by atoms with Crippen LogP contribution in [0, 0.1) is 37.0 Å². The lowest BCUT2D eigenvalue weighted by atomic mass is 10.2. The Kier molecular flexibility index (Phi) is 11.9. The van der Waals surface area contributed by atoms with Gasteiger partial charge in [-0.15, -0.1) is 19.3 Å². The van der Waals surface area contributed by atoms with Gasteiger partial charge in [0.25, 0.3) is 0 Å². The number of nitrogens with zero attached hydrogens (tertiary/aromatic N) is 2. The van der Waals surface area contributed by atoms with E-state index in [1.54, 1.807) is 0 Å². The average molecular weight is 345 g/mol. The van der Waals surface area contributed by atoms with Gasteiger partial charge >= 0.3 is 5.97 Å². The molecule has 0 saturated heterocycles. The van der Waals surface area contributed by atoms with Gasteiger partial charge < -0.3 is 20.2 Å². The summed E-state index contributed by atoms with van der Waals surface area (Å²) >= 11 is 0. The number of carbonyl (C=O) groups is 3. The van der Waals surface area contributed by atoms with E-state index >= 15 is 0 Å². The van der Waals surface area contributed by atoms with Crippen molar-refractivity contribution in [2.75, 3.05) is 39.3 Å². The first-order chi connectivity index (χ1) is 12.0. The first kappa shape index (κ1) is 22.1. The predicted molar refractivity (Wildman–Crippen MR) is 94.0 cm³/mol. The molecule has 0 aromatic rings. The van der Waals surface area contributed by atoms with E-state index in [1.807, 2.05) is 0 Å². The summed E-state index contributed by atoms with van der Waals surface area (Å²) in [4.78, 5) is 37.6. The standard InChI is InChI=1S/C18H23N3O4/c1-4-10-19-11-7-16(22)20(12-5-2)14-8-17(23)21(13-6-3)15-9-18(24)25/h1-3,19H,7-15H2,(H,24,25). The number of carbonyl (C=O) groups excluding carboxylic acids is 2. The van der Waals surface area contributed by atoms with Crippen LogP contribution >= 0.6 is 0 Å². The molecule has 0 rings (SSSR count). The molecule has 0 aliphatic heterocycles. The molecular formula is C18H23N3O4. The number of hydrogen-bond acceptors (Lipinski definition) is 4. The highest BCUT2D eigenvalue weighted by Gasteiger charge is 2.17. The van der Waals surface area contributed by atoms with Gasteiger partial charge in [0.1, 0.15) is 0 Å². The Labute approximate surface area is 148 Å². The zero-order valence-electron chi connectivity index (χ0n) is 14.2. The van der Waals surface area contributed by atoms with Crippen LogP contribution in [0.2, 0.25) is 0 Å². The van der Waals surface area contributed by atoms with E-state index in [0.29, 0.717) is 13.1 Å². The molecule has 0 aromatic heterocycles. The average Bonchev–Trinajstić information content (AvgIpc) is 2.58. The third kappa shape index (κ3) is 10.4. The van der Waals surface area contributed by atoms with E-state index in [-0.39, 0.29) is 57.3 Å². The van der Waals surface area contributed by atoms with E-state index in [0.717, 1.165) is 0 Å². The van der Waals surface area contributed by atoms with Crippen LogP contribution in [0.15, 0.2) is 0 Å².